The third-order valence-electron chi connectivity index (χ3n) is 1.85. The number of halogens is 1. The van der Waals surface area contributed by atoms with Gasteiger partial charge >= 0.3 is 0 Å². The molecule has 0 fully saturated rings. The second-order valence-corrected chi connectivity index (χ2v) is 4.54. The highest BCUT2D eigenvalue weighted by atomic mass is 35.5. The van der Waals surface area contributed by atoms with Crippen molar-refractivity contribution >= 4 is 22.9 Å². The number of aromatic nitrogens is 1. The molecule has 0 atom stereocenters. The van der Waals surface area contributed by atoms with Crippen molar-refractivity contribution in [1.29, 1.82) is 0 Å². The fourth-order valence-electron chi connectivity index (χ4n) is 1.23. The minimum atomic E-state index is 0.591. The summed E-state index contributed by atoms with van der Waals surface area (Å²) in [7, 11) is 0. The zero-order chi connectivity index (χ0) is 9.97. The first-order valence-corrected chi connectivity index (χ1v) is 5.40. The first kappa shape index (κ1) is 9.71. The van der Waals surface area contributed by atoms with Crippen LogP contribution in [0.3, 0.4) is 0 Å². The van der Waals surface area contributed by atoms with Crippen molar-refractivity contribution in [2.75, 3.05) is 6.54 Å². The summed E-state index contributed by atoms with van der Waals surface area (Å²) in [5.41, 5.74) is 6.51. The maximum absolute atomic E-state index is 5.84. The molecule has 2 rings (SSSR count). The molecule has 0 aliphatic heterocycles. The number of thiophene rings is 1. The average Bonchev–Trinajstić information content (AvgIpc) is 2.74. The number of nitrogens with two attached hydrogens (primary N) is 1. The van der Waals surface area contributed by atoms with Crippen LogP contribution in [0.15, 0.2) is 22.9 Å². The molecule has 2 aromatic rings. The van der Waals surface area contributed by atoms with Crippen molar-refractivity contribution < 1.29 is 4.52 Å². The summed E-state index contributed by atoms with van der Waals surface area (Å²) in [4.78, 5) is 0.996. The van der Waals surface area contributed by atoms with E-state index >= 15 is 0 Å². The molecule has 2 heterocycles. The van der Waals surface area contributed by atoms with E-state index in [1.54, 1.807) is 6.20 Å². The summed E-state index contributed by atoms with van der Waals surface area (Å²) in [6, 6.07) is 3.77. The molecule has 3 nitrogen and oxygen atoms in total. The topological polar surface area (TPSA) is 52.0 Å². The van der Waals surface area contributed by atoms with Crippen molar-refractivity contribution in [2.45, 2.75) is 6.42 Å². The first-order chi connectivity index (χ1) is 6.81. The van der Waals surface area contributed by atoms with E-state index in [0.29, 0.717) is 6.54 Å². The summed E-state index contributed by atoms with van der Waals surface area (Å²) in [5, 5.41) is 3.76. The van der Waals surface area contributed by atoms with Gasteiger partial charge in [0.25, 0.3) is 0 Å². The van der Waals surface area contributed by atoms with Gasteiger partial charge in [0.15, 0.2) is 5.76 Å². The monoisotopic (exact) mass is 228 g/mol. The van der Waals surface area contributed by atoms with E-state index in [9.17, 15) is 0 Å². The van der Waals surface area contributed by atoms with Gasteiger partial charge in [-0.3, -0.25) is 0 Å². The van der Waals surface area contributed by atoms with Gasteiger partial charge in [0.2, 0.25) is 0 Å². The Hall–Kier alpha value is -0.840. The Balaban J connectivity index is 2.36. The lowest BCUT2D eigenvalue weighted by Crippen LogP contribution is -2.02. The summed E-state index contributed by atoms with van der Waals surface area (Å²) >= 11 is 7.31. The highest BCUT2D eigenvalue weighted by Gasteiger charge is 2.11. The van der Waals surface area contributed by atoms with Crippen LogP contribution in [0.2, 0.25) is 4.34 Å². The van der Waals surface area contributed by atoms with Crippen LogP contribution in [0.1, 0.15) is 5.56 Å². The van der Waals surface area contributed by atoms with Gasteiger partial charge in [0.05, 0.1) is 15.4 Å². The standard InChI is InChI=1S/C9H9ClN2OS/c10-8-2-1-7(14-8)9-6(3-4-11)5-12-13-9/h1-2,5H,3-4,11H2. The lowest BCUT2D eigenvalue weighted by Gasteiger charge is -1.94. The molecule has 0 spiro atoms. The van der Waals surface area contributed by atoms with Gasteiger partial charge in [0, 0.05) is 5.56 Å². The minimum Gasteiger partial charge on any atom is -0.355 e. The van der Waals surface area contributed by atoms with Crippen molar-refractivity contribution in [3.63, 3.8) is 0 Å². The van der Waals surface area contributed by atoms with E-state index in [1.165, 1.54) is 11.3 Å². The summed E-state index contributed by atoms with van der Waals surface area (Å²) in [6.07, 6.45) is 2.48. The van der Waals surface area contributed by atoms with Crippen LogP contribution in [-0.2, 0) is 6.42 Å². The maximum Gasteiger partial charge on any atom is 0.180 e. The van der Waals surface area contributed by atoms with Crippen molar-refractivity contribution in [1.82, 2.24) is 5.16 Å². The van der Waals surface area contributed by atoms with E-state index in [0.717, 1.165) is 27.0 Å². The van der Waals surface area contributed by atoms with E-state index in [4.69, 9.17) is 21.9 Å². The van der Waals surface area contributed by atoms with Crippen LogP contribution in [-0.4, -0.2) is 11.7 Å². The smallest absolute Gasteiger partial charge is 0.180 e. The van der Waals surface area contributed by atoms with Crippen LogP contribution in [0.25, 0.3) is 10.6 Å². The van der Waals surface area contributed by atoms with E-state index in [2.05, 4.69) is 5.16 Å². The highest BCUT2D eigenvalue weighted by Crippen LogP contribution is 2.32. The Kier molecular flexibility index (Phi) is 2.86. The zero-order valence-corrected chi connectivity index (χ0v) is 8.94. The predicted octanol–water partition coefficient (Wildman–Crippen LogP) is 2.56. The molecule has 0 radical (unpaired) electrons. The molecule has 0 aliphatic rings. The van der Waals surface area contributed by atoms with Gasteiger partial charge in [-0.15, -0.1) is 11.3 Å². The predicted molar refractivity (Wildman–Crippen MR) is 57.6 cm³/mol. The van der Waals surface area contributed by atoms with Crippen LogP contribution < -0.4 is 5.73 Å². The van der Waals surface area contributed by atoms with Gasteiger partial charge in [-0.2, -0.15) is 0 Å². The largest absolute Gasteiger partial charge is 0.355 e. The summed E-state index contributed by atoms with van der Waals surface area (Å²) in [5.74, 6) is 0.785. The molecule has 0 aliphatic carbocycles. The minimum absolute atomic E-state index is 0.591. The Bertz CT molecular complexity index is 424. The van der Waals surface area contributed by atoms with Crippen molar-refractivity contribution in [3.8, 4) is 10.6 Å². The van der Waals surface area contributed by atoms with Crippen LogP contribution in [0, 0.1) is 0 Å². The molecule has 0 bridgehead atoms. The molecule has 2 aromatic heterocycles. The Labute approximate surface area is 90.5 Å². The second-order valence-electron chi connectivity index (χ2n) is 2.82. The van der Waals surface area contributed by atoms with Crippen LogP contribution in [0.4, 0.5) is 0 Å². The summed E-state index contributed by atoms with van der Waals surface area (Å²) < 4.78 is 5.91. The molecular weight excluding hydrogens is 220 g/mol. The lowest BCUT2D eigenvalue weighted by atomic mass is 10.2. The molecule has 0 amide bonds. The van der Waals surface area contributed by atoms with Gasteiger partial charge < -0.3 is 10.3 Å². The van der Waals surface area contributed by atoms with Crippen LogP contribution >= 0.6 is 22.9 Å². The fourth-order valence-corrected chi connectivity index (χ4v) is 2.29. The molecule has 5 heteroatoms. The third kappa shape index (κ3) is 1.82. The molecule has 2 N–H and O–H groups in total. The van der Waals surface area contributed by atoms with Crippen molar-refractivity contribution in [3.05, 3.63) is 28.2 Å². The number of rotatable bonds is 3. The van der Waals surface area contributed by atoms with Crippen molar-refractivity contribution in [2.24, 2.45) is 5.73 Å². The quantitative estimate of drug-likeness (QED) is 0.879. The SMILES string of the molecule is NCCc1cnoc1-c1ccc(Cl)s1. The number of nitrogens with zero attached hydrogens (tertiary/aromatic N) is 1. The molecule has 74 valence electrons. The number of hydrogen-bond acceptors (Lipinski definition) is 4. The van der Waals surface area contributed by atoms with Gasteiger partial charge in [0.1, 0.15) is 0 Å². The van der Waals surface area contributed by atoms with Gasteiger partial charge in [-0.25, -0.2) is 0 Å². The van der Waals surface area contributed by atoms with Crippen LogP contribution in [0.5, 0.6) is 0 Å². The second kappa shape index (κ2) is 4.13. The Morgan fingerprint density at radius 3 is 3.00 bits per heavy atom. The summed E-state index contributed by atoms with van der Waals surface area (Å²) in [6.45, 7) is 0.591. The van der Waals surface area contributed by atoms with E-state index in [-0.39, 0.29) is 0 Å². The van der Waals surface area contributed by atoms with Gasteiger partial charge in [-0.1, -0.05) is 16.8 Å². The molecule has 0 saturated heterocycles. The average molecular weight is 229 g/mol. The Morgan fingerprint density at radius 1 is 1.50 bits per heavy atom. The lowest BCUT2D eigenvalue weighted by molar-refractivity contribution is 0.432. The molecule has 0 unspecified atom stereocenters. The zero-order valence-electron chi connectivity index (χ0n) is 7.37. The third-order valence-corrected chi connectivity index (χ3v) is 3.08. The highest BCUT2D eigenvalue weighted by molar-refractivity contribution is 7.19. The normalized spacial score (nSPS) is 10.7. The van der Waals surface area contributed by atoms with E-state index < -0.39 is 0 Å². The Morgan fingerprint density at radius 2 is 2.36 bits per heavy atom. The molecular formula is C9H9ClN2OS. The fraction of sp³-hybridized carbons (Fsp3) is 0.222. The first-order valence-electron chi connectivity index (χ1n) is 4.20. The number of hydrogen-bond donors (Lipinski definition) is 1. The van der Waals surface area contributed by atoms with Gasteiger partial charge in [-0.05, 0) is 25.1 Å². The molecule has 0 saturated carbocycles. The molecule has 14 heavy (non-hydrogen) atoms. The van der Waals surface area contributed by atoms with E-state index in [1.807, 2.05) is 12.1 Å². The maximum atomic E-state index is 5.84. The molecule has 0 aromatic carbocycles.